The van der Waals surface area contributed by atoms with Gasteiger partial charge in [0.2, 0.25) is 0 Å². The molecule has 3 nitrogen and oxygen atoms in total. The van der Waals surface area contributed by atoms with Crippen LogP contribution in [0.4, 0.5) is 0 Å². The topological polar surface area (TPSA) is 38.3 Å². The summed E-state index contributed by atoms with van der Waals surface area (Å²) in [5.41, 5.74) is 0. The summed E-state index contributed by atoms with van der Waals surface area (Å²) in [5.74, 6) is -0.179. The van der Waals surface area contributed by atoms with Crippen LogP contribution < -0.4 is 56.7 Å². The van der Waals surface area contributed by atoms with Crippen LogP contribution in [-0.4, -0.2) is 26.2 Å². The molecule has 0 saturated heterocycles. The van der Waals surface area contributed by atoms with Gasteiger partial charge >= 0.3 is 57.4 Å². The van der Waals surface area contributed by atoms with Crippen molar-refractivity contribution >= 4 is 5.97 Å². The summed E-state index contributed by atoms with van der Waals surface area (Å²) < 4.78 is 4.55. The van der Waals surface area contributed by atoms with Gasteiger partial charge in [-0.1, -0.05) is 64.7 Å². The second kappa shape index (κ2) is 19.1. The van der Waals surface area contributed by atoms with Crippen LogP contribution in [0.2, 0.25) is 0 Å². The Bertz CT molecular complexity index is 195. The first-order valence-electron chi connectivity index (χ1n) is 7.58. The van der Waals surface area contributed by atoms with Gasteiger partial charge < -0.3 is 11.5 Å². The zero-order valence-electron chi connectivity index (χ0n) is 14.3. The minimum atomic E-state index is -0.179. The van der Waals surface area contributed by atoms with Crippen LogP contribution >= 0.6 is 0 Å². The van der Waals surface area contributed by atoms with Crippen LogP contribution in [0.5, 0.6) is 0 Å². The number of carbonyl (C=O) groups is 1. The number of esters is 1. The Morgan fingerprint density at radius 3 is 1.89 bits per heavy atom. The van der Waals surface area contributed by atoms with Gasteiger partial charge in [-0.15, -0.1) is 0 Å². The van der Waals surface area contributed by atoms with E-state index in [1.54, 1.807) is 0 Å². The molecule has 4 heteroatoms. The SMILES string of the molecule is CCCCCCCCCCCCNCC(=O)OC.[H-].[K+]. The van der Waals surface area contributed by atoms with Crippen LogP contribution in [0.15, 0.2) is 0 Å². The molecule has 19 heavy (non-hydrogen) atoms. The average molecular weight is 298 g/mol. The molecule has 0 unspecified atom stereocenters. The smallest absolute Gasteiger partial charge is 1.00 e. The van der Waals surface area contributed by atoms with E-state index >= 15 is 0 Å². The van der Waals surface area contributed by atoms with Crippen LogP contribution in [0.3, 0.4) is 0 Å². The molecule has 0 heterocycles. The van der Waals surface area contributed by atoms with Crippen molar-refractivity contribution in [2.24, 2.45) is 0 Å². The molecule has 0 fully saturated rings. The average Bonchev–Trinajstić information content (AvgIpc) is 2.39. The van der Waals surface area contributed by atoms with Gasteiger partial charge in [-0.05, 0) is 13.0 Å². The summed E-state index contributed by atoms with van der Waals surface area (Å²) in [6, 6.07) is 0. The molecule has 0 bridgehead atoms. The molecule has 0 amide bonds. The quantitative estimate of drug-likeness (QED) is 0.310. The standard InChI is InChI=1S/C15H31NO2.K.H/c1-3-4-5-6-7-8-9-10-11-12-13-16-14-15(17)18-2;;/h16H,3-14H2,1-2H3;;/q;+1;-1. The largest absolute Gasteiger partial charge is 1.00 e. The molecule has 1 N–H and O–H groups in total. The van der Waals surface area contributed by atoms with Gasteiger partial charge in [0.15, 0.2) is 0 Å². The van der Waals surface area contributed by atoms with Crippen molar-refractivity contribution in [3.63, 3.8) is 0 Å². The van der Waals surface area contributed by atoms with E-state index in [1.165, 1.54) is 64.9 Å². The first kappa shape index (κ1) is 22.3. The van der Waals surface area contributed by atoms with E-state index in [2.05, 4.69) is 17.0 Å². The van der Waals surface area contributed by atoms with E-state index in [9.17, 15) is 4.79 Å². The summed E-state index contributed by atoms with van der Waals surface area (Å²) in [6.07, 6.45) is 13.5. The molecule has 0 aliphatic heterocycles. The van der Waals surface area contributed by atoms with Crippen molar-refractivity contribution in [2.75, 3.05) is 20.2 Å². The number of carbonyl (C=O) groups excluding carboxylic acids is 1. The Morgan fingerprint density at radius 2 is 1.42 bits per heavy atom. The maximum Gasteiger partial charge on any atom is 1.00 e. The number of hydrogen-bond donors (Lipinski definition) is 1. The summed E-state index contributed by atoms with van der Waals surface area (Å²) in [4.78, 5) is 10.8. The number of methoxy groups -OCH3 is 1. The maximum atomic E-state index is 10.8. The molecule has 0 aromatic heterocycles. The Kier molecular flexibility index (Phi) is 22.4. The van der Waals surface area contributed by atoms with Gasteiger partial charge in [0.05, 0.1) is 13.7 Å². The van der Waals surface area contributed by atoms with Gasteiger partial charge in [-0.3, -0.25) is 4.79 Å². The van der Waals surface area contributed by atoms with E-state index in [0.29, 0.717) is 6.54 Å². The number of nitrogens with one attached hydrogen (secondary N) is 1. The van der Waals surface area contributed by atoms with E-state index < -0.39 is 0 Å². The third-order valence-electron chi connectivity index (χ3n) is 3.20. The van der Waals surface area contributed by atoms with Crippen molar-refractivity contribution in [2.45, 2.75) is 71.1 Å². The molecule has 0 saturated carbocycles. The Hall–Kier alpha value is 1.07. The minimum absolute atomic E-state index is 0. The van der Waals surface area contributed by atoms with E-state index in [4.69, 9.17) is 0 Å². The third-order valence-corrected chi connectivity index (χ3v) is 3.20. The second-order valence-electron chi connectivity index (χ2n) is 4.93. The zero-order chi connectivity index (χ0) is 13.5. The second-order valence-corrected chi connectivity index (χ2v) is 4.93. The number of ether oxygens (including phenoxy) is 1. The predicted octanol–water partition coefficient (Wildman–Crippen LogP) is 0.786. The van der Waals surface area contributed by atoms with Crippen molar-refractivity contribution in [3.8, 4) is 0 Å². The van der Waals surface area contributed by atoms with Gasteiger partial charge in [0.1, 0.15) is 0 Å². The van der Waals surface area contributed by atoms with Gasteiger partial charge in [0, 0.05) is 0 Å². The number of rotatable bonds is 13. The summed E-state index contributed by atoms with van der Waals surface area (Å²) in [5, 5.41) is 3.09. The van der Waals surface area contributed by atoms with Crippen LogP contribution in [0.1, 0.15) is 72.6 Å². The van der Waals surface area contributed by atoms with Crippen LogP contribution in [0, 0.1) is 0 Å². The Balaban J connectivity index is -0.00000144. The molecule has 0 rings (SSSR count). The van der Waals surface area contributed by atoms with Crippen molar-refractivity contribution in [3.05, 3.63) is 0 Å². The maximum absolute atomic E-state index is 10.8. The Morgan fingerprint density at radius 1 is 0.947 bits per heavy atom. The molecular weight excluding hydrogens is 265 g/mol. The van der Waals surface area contributed by atoms with E-state index in [1.807, 2.05) is 0 Å². The van der Waals surface area contributed by atoms with Crippen LogP contribution in [0.25, 0.3) is 0 Å². The summed E-state index contributed by atoms with van der Waals surface area (Å²) >= 11 is 0. The molecule has 0 atom stereocenters. The van der Waals surface area contributed by atoms with Crippen molar-refractivity contribution in [1.82, 2.24) is 5.32 Å². The van der Waals surface area contributed by atoms with Crippen molar-refractivity contribution < 1.29 is 62.3 Å². The molecule has 0 aromatic rings. The number of hydrogen-bond acceptors (Lipinski definition) is 3. The molecule has 0 aliphatic carbocycles. The first-order chi connectivity index (χ1) is 8.81. The molecule has 0 aliphatic rings. The normalized spacial score (nSPS) is 10.0. The van der Waals surface area contributed by atoms with Gasteiger partial charge in [0.25, 0.3) is 0 Å². The van der Waals surface area contributed by atoms with Gasteiger partial charge in [-0.2, -0.15) is 0 Å². The third kappa shape index (κ3) is 19.1. The fourth-order valence-electron chi connectivity index (χ4n) is 2.00. The first-order valence-corrected chi connectivity index (χ1v) is 7.58. The summed E-state index contributed by atoms with van der Waals surface area (Å²) in [6.45, 7) is 3.52. The van der Waals surface area contributed by atoms with Gasteiger partial charge in [-0.25, -0.2) is 0 Å². The predicted molar refractivity (Wildman–Crippen MR) is 77.8 cm³/mol. The monoisotopic (exact) mass is 297 g/mol. The molecular formula is C15H32KNO2. The molecule has 110 valence electrons. The van der Waals surface area contributed by atoms with E-state index in [-0.39, 0.29) is 58.8 Å². The number of unbranched alkanes of at least 4 members (excludes halogenated alkanes) is 9. The van der Waals surface area contributed by atoms with Crippen molar-refractivity contribution in [1.29, 1.82) is 0 Å². The van der Waals surface area contributed by atoms with Crippen LogP contribution in [-0.2, 0) is 9.53 Å². The molecule has 0 radical (unpaired) electrons. The molecule has 0 aromatic carbocycles. The Labute approximate surface area is 163 Å². The minimum Gasteiger partial charge on any atom is -1.00 e. The molecule has 0 spiro atoms. The van der Waals surface area contributed by atoms with E-state index in [0.717, 1.165) is 13.0 Å². The zero-order valence-corrected chi connectivity index (χ0v) is 16.4. The fraction of sp³-hybridized carbons (Fsp3) is 0.933. The fourth-order valence-corrected chi connectivity index (χ4v) is 2.00. The summed E-state index contributed by atoms with van der Waals surface area (Å²) in [7, 11) is 1.42.